The smallest absolute Gasteiger partial charge is 0.316 e. The SMILES string of the molecule is COC(=O)[C@]12C=C[C@](C(=O)OC)(CC1)[C@@H]1[C@H]2C=C[C@@H]1O. The van der Waals surface area contributed by atoms with Crippen molar-refractivity contribution in [1.82, 2.24) is 0 Å². The van der Waals surface area contributed by atoms with E-state index < -0.39 is 16.9 Å². The van der Waals surface area contributed by atoms with Crippen molar-refractivity contribution < 1.29 is 24.2 Å². The van der Waals surface area contributed by atoms with E-state index in [4.69, 9.17) is 9.47 Å². The number of carbonyl (C=O) groups excluding carboxylic acids is 2. The van der Waals surface area contributed by atoms with E-state index in [1.807, 2.05) is 6.08 Å². The van der Waals surface area contributed by atoms with Crippen LogP contribution in [0.3, 0.4) is 0 Å². The summed E-state index contributed by atoms with van der Waals surface area (Å²) in [5.41, 5.74) is -1.60. The third-order valence-electron chi connectivity index (χ3n) is 5.22. The zero-order chi connectivity index (χ0) is 14.5. The molecule has 5 nitrogen and oxygen atoms in total. The lowest BCUT2D eigenvalue weighted by atomic mass is 9.48. The van der Waals surface area contributed by atoms with E-state index >= 15 is 0 Å². The first-order valence-corrected chi connectivity index (χ1v) is 6.75. The summed E-state index contributed by atoms with van der Waals surface area (Å²) in [7, 11) is 2.72. The van der Waals surface area contributed by atoms with E-state index in [9.17, 15) is 14.7 Å². The molecule has 0 aromatic heterocycles. The number of methoxy groups -OCH3 is 2. The molecule has 5 heteroatoms. The Labute approximate surface area is 117 Å². The lowest BCUT2D eigenvalue weighted by Gasteiger charge is -2.54. The minimum absolute atomic E-state index is 0.220. The van der Waals surface area contributed by atoms with E-state index in [0.29, 0.717) is 12.8 Å². The fourth-order valence-electron chi connectivity index (χ4n) is 4.23. The second kappa shape index (κ2) is 4.19. The molecular formula is C15H18O5. The van der Waals surface area contributed by atoms with E-state index in [0.717, 1.165) is 0 Å². The Morgan fingerprint density at radius 2 is 1.60 bits per heavy atom. The molecule has 4 aliphatic carbocycles. The van der Waals surface area contributed by atoms with Gasteiger partial charge in [0.15, 0.2) is 0 Å². The summed E-state index contributed by atoms with van der Waals surface area (Å²) in [5, 5.41) is 10.2. The second-order valence-corrected chi connectivity index (χ2v) is 5.82. The van der Waals surface area contributed by atoms with Crippen LogP contribution in [0.4, 0.5) is 0 Å². The Bertz CT molecular complexity index is 522. The van der Waals surface area contributed by atoms with Crippen molar-refractivity contribution in [3.63, 3.8) is 0 Å². The highest BCUT2D eigenvalue weighted by Crippen LogP contribution is 2.62. The van der Waals surface area contributed by atoms with Crippen molar-refractivity contribution >= 4 is 11.9 Å². The van der Waals surface area contributed by atoms with Crippen LogP contribution >= 0.6 is 0 Å². The molecule has 20 heavy (non-hydrogen) atoms. The Morgan fingerprint density at radius 3 is 2.15 bits per heavy atom. The third kappa shape index (κ3) is 1.36. The molecule has 1 N–H and O–H groups in total. The average molecular weight is 278 g/mol. The first-order chi connectivity index (χ1) is 9.51. The highest BCUT2D eigenvalue weighted by atomic mass is 16.5. The van der Waals surface area contributed by atoms with Gasteiger partial charge in [-0.1, -0.05) is 24.3 Å². The van der Waals surface area contributed by atoms with Gasteiger partial charge in [-0.25, -0.2) is 0 Å². The van der Waals surface area contributed by atoms with Crippen LogP contribution in [-0.2, 0) is 19.1 Å². The summed E-state index contributed by atoms with van der Waals surface area (Å²) in [6.45, 7) is 0. The molecule has 1 fully saturated rings. The quantitative estimate of drug-likeness (QED) is 0.598. The normalized spacial score (nSPS) is 44.2. The molecule has 1 saturated carbocycles. The van der Waals surface area contributed by atoms with Crippen LogP contribution in [0, 0.1) is 22.7 Å². The largest absolute Gasteiger partial charge is 0.468 e. The van der Waals surface area contributed by atoms with Gasteiger partial charge in [0.1, 0.15) is 0 Å². The number of aliphatic hydroxyl groups excluding tert-OH is 1. The number of aliphatic hydroxyl groups is 1. The van der Waals surface area contributed by atoms with Crippen molar-refractivity contribution in [3.8, 4) is 0 Å². The van der Waals surface area contributed by atoms with E-state index in [1.165, 1.54) is 14.2 Å². The van der Waals surface area contributed by atoms with Crippen molar-refractivity contribution in [2.45, 2.75) is 18.9 Å². The van der Waals surface area contributed by atoms with E-state index in [2.05, 4.69) is 0 Å². The first kappa shape index (κ1) is 13.4. The van der Waals surface area contributed by atoms with Gasteiger partial charge in [0.25, 0.3) is 0 Å². The average Bonchev–Trinajstić information content (AvgIpc) is 2.91. The topological polar surface area (TPSA) is 72.8 Å². The Balaban J connectivity index is 2.13. The monoisotopic (exact) mass is 278 g/mol. The van der Waals surface area contributed by atoms with Crippen LogP contribution in [0.5, 0.6) is 0 Å². The maximum Gasteiger partial charge on any atom is 0.316 e. The number of ether oxygens (including phenoxy) is 2. The molecule has 0 amide bonds. The number of allylic oxidation sites excluding steroid dienone is 1. The van der Waals surface area contributed by atoms with Crippen LogP contribution in [0.2, 0.25) is 0 Å². The standard InChI is InChI=1S/C15H18O5/c1-19-12(17)14-5-7-15(8-6-14,13(18)20-2)11-9(14)3-4-10(11)16/h3-5,7,9-11,16H,6,8H2,1-2H3/t9-,10+,11-,14-,15+/m1/s1. The summed E-state index contributed by atoms with van der Waals surface area (Å²) < 4.78 is 9.89. The second-order valence-electron chi connectivity index (χ2n) is 5.82. The molecule has 0 spiro atoms. The molecular weight excluding hydrogens is 260 g/mol. The van der Waals surface area contributed by atoms with Crippen LogP contribution < -0.4 is 0 Å². The van der Waals surface area contributed by atoms with E-state index in [1.54, 1.807) is 18.2 Å². The summed E-state index contributed by atoms with van der Waals surface area (Å²) in [4.78, 5) is 24.5. The zero-order valence-electron chi connectivity index (χ0n) is 11.5. The van der Waals surface area contributed by atoms with Gasteiger partial charge in [-0.2, -0.15) is 0 Å². The summed E-state index contributed by atoms with van der Waals surface area (Å²) >= 11 is 0. The number of esters is 2. The summed E-state index contributed by atoms with van der Waals surface area (Å²) in [6, 6.07) is 0. The minimum atomic E-state index is -0.835. The molecule has 0 unspecified atom stereocenters. The molecule has 0 heterocycles. The number of rotatable bonds is 2. The molecule has 108 valence electrons. The van der Waals surface area contributed by atoms with Crippen LogP contribution in [0.25, 0.3) is 0 Å². The lowest BCUT2D eigenvalue weighted by molar-refractivity contribution is -0.174. The number of hydrogen-bond donors (Lipinski definition) is 1. The summed E-state index contributed by atoms with van der Waals surface area (Å²) in [5.74, 6) is -1.22. The number of fused-ring (bicyclic) bond motifs is 1. The minimum Gasteiger partial charge on any atom is -0.468 e. The molecule has 5 atom stereocenters. The van der Waals surface area contributed by atoms with Crippen molar-refractivity contribution in [1.29, 1.82) is 0 Å². The predicted octanol–water partition coefficient (Wildman–Crippen LogP) is 0.832. The molecule has 2 bridgehead atoms. The Morgan fingerprint density at radius 1 is 1.05 bits per heavy atom. The van der Waals surface area contributed by atoms with Crippen LogP contribution in [0.15, 0.2) is 24.3 Å². The maximum atomic E-state index is 12.2. The zero-order valence-corrected chi connectivity index (χ0v) is 11.5. The van der Waals surface area contributed by atoms with Gasteiger partial charge in [0, 0.05) is 11.8 Å². The van der Waals surface area contributed by atoms with Gasteiger partial charge in [0.05, 0.1) is 31.2 Å². The Kier molecular flexibility index (Phi) is 2.80. The van der Waals surface area contributed by atoms with Crippen molar-refractivity contribution in [2.75, 3.05) is 14.2 Å². The lowest BCUT2D eigenvalue weighted by Crippen LogP contribution is -2.58. The number of carbonyl (C=O) groups is 2. The predicted molar refractivity (Wildman–Crippen MR) is 69.4 cm³/mol. The molecule has 4 aliphatic rings. The van der Waals surface area contributed by atoms with Crippen molar-refractivity contribution in [2.24, 2.45) is 22.7 Å². The molecule has 0 aliphatic heterocycles. The van der Waals surface area contributed by atoms with Crippen LogP contribution in [0.1, 0.15) is 12.8 Å². The number of hydrogen-bond acceptors (Lipinski definition) is 5. The highest BCUT2D eigenvalue weighted by molar-refractivity contribution is 5.86. The maximum absolute atomic E-state index is 12.2. The fraction of sp³-hybridized carbons (Fsp3) is 0.600. The molecule has 0 aromatic carbocycles. The molecule has 0 saturated heterocycles. The first-order valence-electron chi connectivity index (χ1n) is 6.75. The van der Waals surface area contributed by atoms with Crippen molar-refractivity contribution in [3.05, 3.63) is 24.3 Å². The van der Waals surface area contributed by atoms with Gasteiger partial charge < -0.3 is 14.6 Å². The molecule has 0 aromatic rings. The van der Waals surface area contributed by atoms with Gasteiger partial charge in [-0.05, 0) is 12.8 Å². The highest BCUT2D eigenvalue weighted by Gasteiger charge is 2.66. The van der Waals surface area contributed by atoms with Gasteiger partial charge >= 0.3 is 11.9 Å². The van der Waals surface area contributed by atoms with Gasteiger partial charge in [-0.3, -0.25) is 9.59 Å². The van der Waals surface area contributed by atoms with Gasteiger partial charge in [0.2, 0.25) is 0 Å². The fourth-order valence-corrected chi connectivity index (χ4v) is 4.23. The van der Waals surface area contributed by atoms with Gasteiger partial charge in [-0.15, -0.1) is 0 Å². The molecule has 0 radical (unpaired) electrons. The Hall–Kier alpha value is -1.62. The summed E-state index contributed by atoms with van der Waals surface area (Å²) in [6.07, 6.45) is 7.32. The van der Waals surface area contributed by atoms with Crippen LogP contribution in [-0.4, -0.2) is 37.4 Å². The van der Waals surface area contributed by atoms with E-state index in [-0.39, 0.29) is 23.8 Å². The molecule has 4 rings (SSSR count). The third-order valence-corrected chi connectivity index (χ3v) is 5.22.